The van der Waals surface area contributed by atoms with Gasteiger partial charge in [0, 0.05) is 31.4 Å². The second-order valence-electron chi connectivity index (χ2n) is 6.72. The van der Waals surface area contributed by atoms with Crippen LogP contribution in [0.2, 0.25) is 0 Å². The molecular weight excluding hydrogens is 288 g/mol. The molecule has 1 aromatic rings. The van der Waals surface area contributed by atoms with Crippen LogP contribution in [0.25, 0.3) is 0 Å². The normalized spacial score (nSPS) is 20.3. The predicted octanol–water partition coefficient (Wildman–Crippen LogP) is 2.43. The first kappa shape index (κ1) is 16.7. The van der Waals surface area contributed by atoms with Gasteiger partial charge in [0.1, 0.15) is 11.6 Å². The fourth-order valence-corrected chi connectivity index (χ4v) is 3.56. The Morgan fingerprint density at radius 3 is 2.57 bits per heavy atom. The monoisotopic (exact) mass is 318 g/mol. The number of rotatable bonds is 6. The van der Waals surface area contributed by atoms with Crippen molar-refractivity contribution >= 4 is 5.82 Å². The topological polar surface area (TPSA) is 41.5 Å². The third kappa shape index (κ3) is 4.64. The lowest BCUT2D eigenvalue weighted by Crippen LogP contribution is -2.38. The zero-order valence-corrected chi connectivity index (χ0v) is 14.6. The molecule has 0 spiro atoms. The molecule has 1 aromatic heterocycles. The Labute approximate surface area is 140 Å². The van der Waals surface area contributed by atoms with E-state index in [0.717, 1.165) is 62.8 Å². The van der Waals surface area contributed by atoms with E-state index in [0.29, 0.717) is 6.10 Å². The highest BCUT2D eigenvalue weighted by atomic mass is 16.5. The SMILES string of the molecule is CCc1cc(N2CCC(OCCN3CCCC3)CC2)nc(C)n1. The van der Waals surface area contributed by atoms with E-state index < -0.39 is 0 Å². The molecule has 3 heterocycles. The van der Waals surface area contributed by atoms with E-state index in [1.54, 1.807) is 0 Å². The summed E-state index contributed by atoms with van der Waals surface area (Å²) in [4.78, 5) is 14.0. The zero-order valence-electron chi connectivity index (χ0n) is 14.6. The maximum absolute atomic E-state index is 6.10. The van der Waals surface area contributed by atoms with Gasteiger partial charge in [-0.1, -0.05) is 6.92 Å². The lowest BCUT2D eigenvalue weighted by Gasteiger charge is -2.33. The van der Waals surface area contributed by atoms with E-state index in [4.69, 9.17) is 4.74 Å². The molecule has 0 radical (unpaired) electrons. The average molecular weight is 318 g/mol. The van der Waals surface area contributed by atoms with Gasteiger partial charge in [-0.2, -0.15) is 0 Å². The molecule has 0 bridgehead atoms. The third-order valence-corrected chi connectivity index (χ3v) is 4.97. The number of likely N-dealkylation sites (tertiary alicyclic amines) is 1. The number of anilines is 1. The number of aromatic nitrogens is 2. The van der Waals surface area contributed by atoms with Crippen molar-refractivity contribution in [1.29, 1.82) is 0 Å². The van der Waals surface area contributed by atoms with E-state index in [1.807, 2.05) is 6.92 Å². The summed E-state index contributed by atoms with van der Waals surface area (Å²) in [6.07, 6.45) is 6.30. The van der Waals surface area contributed by atoms with Crippen LogP contribution in [0.5, 0.6) is 0 Å². The number of hydrogen-bond acceptors (Lipinski definition) is 5. The molecule has 2 saturated heterocycles. The number of hydrogen-bond donors (Lipinski definition) is 0. The first-order chi connectivity index (χ1) is 11.2. The number of piperidine rings is 1. The smallest absolute Gasteiger partial charge is 0.132 e. The van der Waals surface area contributed by atoms with Crippen LogP contribution in [0.4, 0.5) is 5.82 Å². The Bertz CT molecular complexity index is 494. The number of aryl methyl sites for hydroxylation is 2. The molecule has 2 aliphatic heterocycles. The van der Waals surface area contributed by atoms with Crippen LogP contribution in [0, 0.1) is 6.92 Å². The van der Waals surface area contributed by atoms with Gasteiger partial charge < -0.3 is 14.5 Å². The zero-order chi connectivity index (χ0) is 16.1. The van der Waals surface area contributed by atoms with Crippen LogP contribution in [0.15, 0.2) is 6.07 Å². The summed E-state index contributed by atoms with van der Waals surface area (Å²) in [6.45, 7) is 10.7. The van der Waals surface area contributed by atoms with Gasteiger partial charge in [-0.05, 0) is 52.1 Å². The number of nitrogens with zero attached hydrogens (tertiary/aromatic N) is 4. The van der Waals surface area contributed by atoms with Gasteiger partial charge in [-0.15, -0.1) is 0 Å². The van der Waals surface area contributed by atoms with Crippen molar-refractivity contribution < 1.29 is 4.74 Å². The molecule has 0 unspecified atom stereocenters. The highest BCUT2D eigenvalue weighted by molar-refractivity contribution is 5.40. The second-order valence-corrected chi connectivity index (χ2v) is 6.72. The average Bonchev–Trinajstić information content (AvgIpc) is 3.08. The molecule has 0 saturated carbocycles. The third-order valence-electron chi connectivity index (χ3n) is 4.97. The highest BCUT2D eigenvalue weighted by Gasteiger charge is 2.21. The molecule has 0 N–H and O–H groups in total. The Morgan fingerprint density at radius 2 is 1.87 bits per heavy atom. The summed E-state index contributed by atoms with van der Waals surface area (Å²) in [5, 5.41) is 0. The van der Waals surface area contributed by atoms with E-state index in [9.17, 15) is 0 Å². The van der Waals surface area contributed by atoms with E-state index in [-0.39, 0.29) is 0 Å². The van der Waals surface area contributed by atoms with Crippen LogP contribution in [-0.4, -0.2) is 60.3 Å². The van der Waals surface area contributed by atoms with Crippen LogP contribution < -0.4 is 4.90 Å². The second kappa shape index (κ2) is 8.06. The maximum atomic E-state index is 6.10. The molecule has 2 fully saturated rings. The molecule has 2 aliphatic rings. The fourth-order valence-electron chi connectivity index (χ4n) is 3.56. The minimum absolute atomic E-state index is 0.419. The molecule has 5 heteroatoms. The van der Waals surface area contributed by atoms with Gasteiger partial charge >= 0.3 is 0 Å². The van der Waals surface area contributed by atoms with Crippen LogP contribution in [-0.2, 0) is 11.2 Å². The van der Waals surface area contributed by atoms with Crippen LogP contribution >= 0.6 is 0 Å². The number of ether oxygens (including phenoxy) is 1. The van der Waals surface area contributed by atoms with Gasteiger partial charge in [0.15, 0.2) is 0 Å². The summed E-state index contributed by atoms with van der Waals surface area (Å²) in [5.41, 5.74) is 1.14. The predicted molar refractivity (Wildman–Crippen MR) is 93.0 cm³/mol. The molecule has 23 heavy (non-hydrogen) atoms. The molecule has 5 nitrogen and oxygen atoms in total. The first-order valence-corrected chi connectivity index (χ1v) is 9.18. The molecule has 0 atom stereocenters. The molecule has 128 valence electrons. The maximum Gasteiger partial charge on any atom is 0.132 e. The Hall–Kier alpha value is -1.20. The highest BCUT2D eigenvalue weighted by Crippen LogP contribution is 2.21. The van der Waals surface area contributed by atoms with Crippen molar-refractivity contribution in [2.75, 3.05) is 44.2 Å². The minimum atomic E-state index is 0.419. The lowest BCUT2D eigenvalue weighted by atomic mass is 10.1. The van der Waals surface area contributed by atoms with Crippen molar-refractivity contribution in [1.82, 2.24) is 14.9 Å². The van der Waals surface area contributed by atoms with Crippen molar-refractivity contribution in [3.05, 3.63) is 17.6 Å². The molecule has 0 aromatic carbocycles. The van der Waals surface area contributed by atoms with Gasteiger partial charge in [-0.3, -0.25) is 0 Å². The fraction of sp³-hybridized carbons (Fsp3) is 0.778. The van der Waals surface area contributed by atoms with Crippen molar-refractivity contribution in [3.63, 3.8) is 0 Å². The Balaban J connectivity index is 1.43. The Kier molecular flexibility index (Phi) is 5.84. The summed E-state index contributed by atoms with van der Waals surface area (Å²) in [5.74, 6) is 1.97. The first-order valence-electron chi connectivity index (χ1n) is 9.18. The molecule has 0 amide bonds. The lowest BCUT2D eigenvalue weighted by molar-refractivity contribution is 0.0265. The van der Waals surface area contributed by atoms with E-state index in [2.05, 4.69) is 32.8 Å². The van der Waals surface area contributed by atoms with Crippen LogP contribution in [0.1, 0.15) is 44.1 Å². The summed E-state index contributed by atoms with van der Waals surface area (Å²) in [6, 6.07) is 2.14. The molecular formula is C18H30N4O. The van der Waals surface area contributed by atoms with Gasteiger partial charge in [0.05, 0.1) is 12.7 Å². The summed E-state index contributed by atoms with van der Waals surface area (Å²) in [7, 11) is 0. The quantitative estimate of drug-likeness (QED) is 0.806. The molecule has 3 rings (SSSR count). The summed E-state index contributed by atoms with van der Waals surface area (Å²) >= 11 is 0. The van der Waals surface area contributed by atoms with Crippen molar-refractivity contribution in [3.8, 4) is 0 Å². The van der Waals surface area contributed by atoms with Gasteiger partial charge in [0.2, 0.25) is 0 Å². The van der Waals surface area contributed by atoms with Crippen molar-refractivity contribution in [2.45, 2.75) is 52.1 Å². The van der Waals surface area contributed by atoms with E-state index in [1.165, 1.54) is 25.9 Å². The standard InChI is InChI=1S/C18H30N4O/c1-3-16-14-18(20-15(2)19-16)22-10-6-17(7-11-22)23-13-12-21-8-4-5-9-21/h14,17H,3-13H2,1-2H3. The minimum Gasteiger partial charge on any atom is -0.377 e. The van der Waals surface area contributed by atoms with Gasteiger partial charge in [-0.25, -0.2) is 9.97 Å². The van der Waals surface area contributed by atoms with Crippen LogP contribution in [0.3, 0.4) is 0 Å². The Morgan fingerprint density at radius 1 is 1.13 bits per heavy atom. The summed E-state index contributed by atoms with van der Waals surface area (Å²) < 4.78 is 6.10. The molecule has 0 aliphatic carbocycles. The van der Waals surface area contributed by atoms with Crippen molar-refractivity contribution in [2.24, 2.45) is 0 Å². The van der Waals surface area contributed by atoms with Gasteiger partial charge in [0.25, 0.3) is 0 Å². The largest absolute Gasteiger partial charge is 0.377 e. The van der Waals surface area contributed by atoms with E-state index >= 15 is 0 Å².